The Kier molecular flexibility index (Phi) is 3.31. The molecular weight excluding hydrogens is 352 g/mol. The summed E-state index contributed by atoms with van der Waals surface area (Å²) in [5, 5.41) is 44.3. The Morgan fingerprint density at radius 2 is 2.07 bits per heavy atom. The van der Waals surface area contributed by atoms with Crippen molar-refractivity contribution in [3.8, 4) is 0 Å². The van der Waals surface area contributed by atoms with Crippen LogP contribution in [0.5, 0.6) is 0 Å². The predicted octanol–water partition coefficient (Wildman–Crippen LogP) is -0.181. The van der Waals surface area contributed by atoms with Gasteiger partial charge in [-0.2, -0.15) is 0 Å². The third-order valence-corrected chi connectivity index (χ3v) is 8.32. The summed E-state index contributed by atoms with van der Waals surface area (Å²) in [5.74, 6) is -0.945. The Labute approximate surface area is 157 Å². The summed E-state index contributed by atoms with van der Waals surface area (Å²) in [6, 6.07) is 0. The SMILES string of the molecule is CC(CO)[C@]12C=C[C@]3(O)[C@@](O)([C@@H](C[C@H]4C5=C(CC[C@@]43C)C(=O)OC5)O1)[C@@H]2O. The summed E-state index contributed by atoms with van der Waals surface area (Å²) in [6.45, 7) is 3.65. The largest absolute Gasteiger partial charge is 0.458 e. The Morgan fingerprint density at radius 3 is 2.78 bits per heavy atom. The highest BCUT2D eigenvalue weighted by Gasteiger charge is 2.80. The molecule has 1 saturated heterocycles. The van der Waals surface area contributed by atoms with Crippen molar-refractivity contribution < 1.29 is 34.7 Å². The lowest BCUT2D eigenvalue weighted by atomic mass is 9.45. The fourth-order valence-corrected chi connectivity index (χ4v) is 6.50. The standard InChI is InChI=1S/C20H26O7/c1-10(8-21)18-5-6-19(24)17(2)4-3-11-12(9-26-15(11)22)13(17)7-14(27-18)20(19,25)16(18)23/h5-6,10,13-14,16,21,23-25H,3-4,7-9H2,1-2H3/t10?,13-,14+,16+,17-,18-,19+,20+/m0/s1. The van der Waals surface area contributed by atoms with Gasteiger partial charge in [-0.05, 0) is 30.8 Å². The zero-order valence-corrected chi connectivity index (χ0v) is 15.5. The Hall–Kier alpha value is -1.25. The number of carbonyl (C=O) groups excluding carboxylic acids is 1. The summed E-state index contributed by atoms with van der Waals surface area (Å²) in [5.41, 5.74) is -4.05. The summed E-state index contributed by atoms with van der Waals surface area (Å²) >= 11 is 0. The van der Waals surface area contributed by atoms with Crippen LogP contribution < -0.4 is 0 Å². The van der Waals surface area contributed by atoms with Crippen LogP contribution in [0, 0.1) is 17.3 Å². The lowest BCUT2D eigenvalue weighted by Gasteiger charge is -2.62. The van der Waals surface area contributed by atoms with E-state index in [0.29, 0.717) is 24.8 Å². The normalized spacial score (nSPS) is 53.9. The third kappa shape index (κ3) is 1.66. The van der Waals surface area contributed by atoms with Gasteiger partial charge in [-0.25, -0.2) is 4.79 Å². The smallest absolute Gasteiger partial charge is 0.334 e. The number of aliphatic hydroxyl groups is 4. The number of ether oxygens (including phenoxy) is 2. The maximum absolute atomic E-state index is 12.0. The molecule has 2 aliphatic heterocycles. The zero-order chi connectivity index (χ0) is 19.4. The molecule has 0 spiro atoms. The van der Waals surface area contributed by atoms with Crippen molar-refractivity contribution in [3.05, 3.63) is 23.3 Å². The fourth-order valence-electron chi connectivity index (χ4n) is 6.50. The number of hydrogen-bond acceptors (Lipinski definition) is 7. The third-order valence-electron chi connectivity index (χ3n) is 8.32. The van der Waals surface area contributed by atoms with Gasteiger partial charge < -0.3 is 29.9 Å². The number of rotatable bonds is 2. The molecule has 7 nitrogen and oxygen atoms in total. The molecule has 0 aromatic rings. The van der Waals surface area contributed by atoms with Crippen molar-refractivity contribution in [1.82, 2.24) is 0 Å². The van der Waals surface area contributed by atoms with E-state index >= 15 is 0 Å². The molecule has 2 heterocycles. The minimum Gasteiger partial charge on any atom is -0.458 e. The quantitative estimate of drug-likeness (QED) is 0.389. The first-order chi connectivity index (χ1) is 12.7. The van der Waals surface area contributed by atoms with Crippen LogP contribution in [0.1, 0.15) is 33.1 Å². The molecule has 5 aliphatic rings. The highest BCUT2D eigenvalue weighted by molar-refractivity contribution is 5.92. The van der Waals surface area contributed by atoms with Crippen LogP contribution in [-0.4, -0.2) is 68.6 Å². The van der Waals surface area contributed by atoms with Gasteiger partial charge in [0.05, 0.1) is 6.10 Å². The first-order valence-electron chi connectivity index (χ1n) is 9.66. The highest BCUT2D eigenvalue weighted by atomic mass is 16.6. The number of cyclic esters (lactones) is 1. The van der Waals surface area contributed by atoms with Crippen molar-refractivity contribution in [2.75, 3.05) is 13.2 Å². The van der Waals surface area contributed by atoms with Gasteiger partial charge in [0.2, 0.25) is 0 Å². The van der Waals surface area contributed by atoms with Crippen LogP contribution in [0.2, 0.25) is 0 Å². The van der Waals surface area contributed by atoms with Crippen molar-refractivity contribution in [3.63, 3.8) is 0 Å². The molecule has 2 bridgehead atoms. The van der Waals surface area contributed by atoms with Gasteiger partial charge in [0, 0.05) is 23.5 Å². The predicted molar refractivity (Wildman–Crippen MR) is 92.3 cm³/mol. The van der Waals surface area contributed by atoms with Gasteiger partial charge in [0.25, 0.3) is 0 Å². The van der Waals surface area contributed by atoms with Crippen LogP contribution in [0.4, 0.5) is 0 Å². The Balaban J connectivity index is 1.69. The maximum atomic E-state index is 12.0. The zero-order valence-electron chi connectivity index (χ0n) is 15.5. The van der Waals surface area contributed by atoms with Crippen molar-refractivity contribution in [2.24, 2.45) is 17.3 Å². The van der Waals surface area contributed by atoms with E-state index in [2.05, 4.69) is 0 Å². The summed E-state index contributed by atoms with van der Waals surface area (Å²) < 4.78 is 11.4. The lowest BCUT2D eigenvalue weighted by Crippen LogP contribution is -2.77. The molecule has 7 heteroatoms. The van der Waals surface area contributed by atoms with Crippen molar-refractivity contribution >= 4 is 5.97 Å². The number of carbonyl (C=O) groups is 1. The second-order valence-electron chi connectivity index (χ2n) is 9.16. The second-order valence-corrected chi connectivity index (χ2v) is 9.16. The van der Waals surface area contributed by atoms with Gasteiger partial charge >= 0.3 is 5.97 Å². The summed E-state index contributed by atoms with van der Waals surface area (Å²) in [6.07, 6.45) is 2.37. The molecule has 8 atom stereocenters. The molecule has 0 amide bonds. The van der Waals surface area contributed by atoms with Gasteiger partial charge in [-0.1, -0.05) is 26.0 Å². The van der Waals surface area contributed by atoms with Crippen molar-refractivity contribution in [2.45, 2.75) is 62.1 Å². The van der Waals surface area contributed by atoms with E-state index in [1.54, 1.807) is 19.1 Å². The topological polar surface area (TPSA) is 116 Å². The number of fused-ring (bicyclic) bond motifs is 4. The van der Waals surface area contributed by atoms with E-state index in [9.17, 15) is 25.2 Å². The lowest BCUT2D eigenvalue weighted by molar-refractivity contribution is -0.267. The van der Waals surface area contributed by atoms with E-state index in [-0.39, 0.29) is 25.1 Å². The molecule has 2 fully saturated rings. The Morgan fingerprint density at radius 1 is 1.33 bits per heavy atom. The van der Waals surface area contributed by atoms with E-state index in [1.807, 2.05) is 6.92 Å². The molecule has 3 aliphatic carbocycles. The summed E-state index contributed by atoms with van der Waals surface area (Å²) in [4.78, 5) is 12.0. The van der Waals surface area contributed by atoms with Gasteiger partial charge in [0.15, 0.2) is 5.60 Å². The number of hydrogen-bond donors (Lipinski definition) is 4. The van der Waals surface area contributed by atoms with E-state index in [1.165, 1.54) is 0 Å². The number of aliphatic hydroxyl groups excluding tert-OH is 2. The van der Waals surface area contributed by atoms with Crippen LogP contribution >= 0.6 is 0 Å². The molecule has 0 radical (unpaired) electrons. The molecule has 1 unspecified atom stereocenters. The second kappa shape index (κ2) is 5.02. The molecule has 5 rings (SSSR count). The molecular formula is C20H26O7. The van der Waals surface area contributed by atoms with Gasteiger partial charge in [0.1, 0.15) is 23.9 Å². The van der Waals surface area contributed by atoms with Crippen LogP contribution in [0.25, 0.3) is 0 Å². The monoisotopic (exact) mass is 378 g/mol. The minimum atomic E-state index is -1.88. The molecule has 0 aromatic heterocycles. The first kappa shape index (κ1) is 17.8. The summed E-state index contributed by atoms with van der Waals surface area (Å²) in [7, 11) is 0. The highest BCUT2D eigenvalue weighted by Crippen LogP contribution is 2.67. The van der Waals surface area contributed by atoms with E-state index in [4.69, 9.17) is 9.47 Å². The Bertz CT molecular complexity index is 789. The van der Waals surface area contributed by atoms with Crippen LogP contribution in [0.3, 0.4) is 0 Å². The van der Waals surface area contributed by atoms with Gasteiger partial charge in [-0.3, -0.25) is 0 Å². The van der Waals surface area contributed by atoms with E-state index in [0.717, 1.165) is 5.57 Å². The van der Waals surface area contributed by atoms with E-state index < -0.39 is 40.3 Å². The molecule has 27 heavy (non-hydrogen) atoms. The van der Waals surface area contributed by atoms with Gasteiger partial charge in [-0.15, -0.1) is 0 Å². The fraction of sp³-hybridized carbons (Fsp3) is 0.750. The van der Waals surface area contributed by atoms with Crippen molar-refractivity contribution in [1.29, 1.82) is 0 Å². The molecule has 148 valence electrons. The molecule has 0 aromatic carbocycles. The first-order valence-corrected chi connectivity index (χ1v) is 9.66. The average molecular weight is 378 g/mol. The maximum Gasteiger partial charge on any atom is 0.334 e. The minimum absolute atomic E-state index is 0.196. The van der Waals surface area contributed by atoms with Crippen LogP contribution in [0.15, 0.2) is 23.3 Å². The molecule has 4 N–H and O–H groups in total. The van der Waals surface area contributed by atoms with Crippen LogP contribution in [-0.2, 0) is 14.3 Å². The number of esters is 1. The molecule has 1 saturated carbocycles. The average Bonchev–Trinajstić information content (AvgIpc) is 3.10.